The quantitative estimate of drug-likeness (QED) is 0.157. The number of benzene rings is 8. The van der Waals surface area contributed by atoms with E-state index >= 15 is 0 Å². The third-order valence-corrected chi connectivity index (χ3v) is 17.8. The van der Waals surface area contributed by atoms with Gasteiger partial charge in [-0.3, -0.25) is 0 Å². The summed E-state index contributed by atoms with van der Waals surface area (Å²) in [6, 6.07) is 65.0. The van der Waals surface area contributed by atoms with Crippen LogP contribution in [-0.2, 0) is 0 Å². The molecule has 0 N–H and O–H groups in total. The number of hydrogen-bond acceptors (Lipinski definition) is 0. The number of hydrogen-bond donors (Lipinski definition) is 0. The maximum Gasteiger partial charge on any atom is 0.0268 e. The van der Waals surface area contributed by atoms with E-state index in [0.717, 1.165) is 0 Å². The van der Waals surface area contributed by atoms with Gasteiger partial charge in [0.25, 0.3) is 0 Å². The highest BCUT2D eigenvalue weighted by Gasteiger charge is 2.50. The Kier molecular flexibility index (Phi) is 7.81. The Hall–Kier alpha value is -4.34. The van der Waals surface area contributed by atoms with Gasteiger partial charge in [-0.05, 0) is 93.0 Å². The fourth-order valence-electron chi connectivity index (χ4n) is 8.43. The lowest BCUT2D eigenvalue weighted by molar-refractivity contribution is 0.483. The Bertz CT molecular complexity index is 2070. The van der Waals surface area contributed by atoms with Crippen molar-refractivity contribution in [1.29, 1.82) is 0 Å². The van der Waals surface area contributed by atoms with Gasteiger partial charge in [0, 0.05) is 4.90 Å². The van der Waals surface area contributed by atoms with E-state index in [4.69, 9.17) is 0 Å². The number of rotatable bonds is 6. The fraction of sp³-hybridized carbons (Fsp3) is 0.130. The third-order valence-electron chi connectivity index (χ3n) is 10.5. The number of fused-ring (bicyclic) bond motifs is 4. The first-order valence-corrected chi connectivity index (χ1v) is 20.0. The van der Waals surface area contributed by atoms with Gasteiger partial charge in [0.2, 0.25) is 0 Å². The zero-order valence-electron chi connectivity index (χ0n) is 27.1. The molecule has 0 saturated heterocycles. The van der Waals surface area contributed by atoms with Crippen molar-refractivity contribution in [3.05, 3.63) is 170 Å². The largest absolute Gasteiger partial charge is 0.0616 e. The van der Waals surface area contributed by atoms with E-state index in [-0.39, 0.29) is 4.90 Å². The molecule has 0 atom stereocenters. The molecule has 0 nitrogen and oxygen atoms in total. The summed E-state index contributed by atoms with van der Waals surface area (Å²) in [7, 11) is -1.64. The smallest absolute Gasteiger partial charge is 0.0268 e. The lowest BCUT2D eigenvalue weighted by Gasteiger charge is -2.51. The maximum absolute atomic E-state index is 2.49. The third kappa shape index (κ3) is 4.98. The molecule has 9 rings (SSSR count). The Balaban J connectivity index is 1.45. The van der Waals surface area contributed by atoms with Crippen LogP contribution in [0.5, 0.6) is 0 Å². The topological polar surface area (TPSA) is 0 Å². The fourth-order valence-corrected chi connectivity index (χ4v) is 17.1. The Morgan fingerprint density at radius 2 is 0.562 bits per heavy atom. The zero-order valence-corrected chi connectivity index (χ0v) is 28.9. The van der Waals surface area contributed by atoms with Crippen molar-refractivity contribution in [1.82, 2.24) is 0 Å². The highest BCUT2D eigenvalue weighted by atomic mass is 31.2. The van der Waals surface area contributed by atoms with Crippen LogP contribution in [0.3, 0.4) is 0 Å². The zero-order chi connectivity index (χ0) is 31.9. The maximum atomic E-state index is 2.49. The molecule has 0 amide bonds. The summed E-state index contributed by atoms with van der Waals surface area (Å²) >= 11 is 0. The lowest BCUT2D eigenvalue weighted by atomic mass is 9.99. The molecule has 8 aromatic carbocycles. The van der Waals surface area contributed by atoms with Crippen molar-refractivity contribution >= 4 is 80.2 Å². The summed E-state index contributed by atoms with van der Waals surface area (Å²) < 4.78 is 0. The van der Waals surface area contributed by atoms with Crippen LogP contribution in [0.4, 0.5) is 0 Å². The van der Waals surface area contributed by atoms with Crippen LogP contribution < -0.4 is 21.2 Å². The van der Waals surface area contributed by atoms with Crippen LogP contribution in [0.25, 0.3) is 43.1 Å². The molecule has 1 aliphatic rings. The predicted octanol–water partition coefficient (Wildman–Crippen LogP) is 11.5. The summed E-state index contributed by atoms with van der Waals surface area (Å²) in [6.07, 6.45) is 6.29. The highest BCUT2D eigenvalue weighted by molar-refractivity contribution is 7.91. The van der Waals surface area contributed by atoms with Crippen molar-refractivity contribution in [2.24, 2.45) is 0 Å². The molecule has 232 valence electrons. The highest BCUT2D eigenvalue weighted by Crippen LogP contribution is 2.71. The van der Waals surface area contributed by atoms with Crippen molar-refractivity contribution in [3.8, 4) is 0 Å². The molecule has 0 aliphatic heterocycles. The van der Waals surface area contributed by atoms with Gasteiger partial charge in [-0.2, -0.15) is 0 Å². The molecule has 0 spiro atoms. The molecular formula is C46H38P2. The molecule has 1 fully saturated rings. The van der Waals surface area contributed by atoms with Gasteiger partial charge in [0.1, 0.15) is 0 Å². The van der Waals surface area contributed by atoms with E-state index in [9.17, 15) is 0 Å². The molecule has 0 bridgehead atoms. The Labute approximate surface area is 286 Å². The van der Waals surface area contributed by atoms with E-state index in [1.54, 1.807) is 0 Å². The standard InChI is InChI=1S/C46H38P2/c1-10-32-46(33-11-1,47(42-28-12-20-34-16-2-6-24-38(34)42)43-29-13-21-35-17-3-7-25-39(35)43)48(44-30-14-22-36-18-4-8-26-40(36)44)45-31-15-23-37-19-5-9-27-41(37)45/h2-9,12-31H,1,10-11,32-33H2. The monoisotopic (exact) mass is 652 g/mol. The van der Waals surface area contributed by atoms with Gasteiger partial charge in [-0.1, -0.05) is 189 Å². The minimum Gasteiger partial charge on any atom is -0.0616 e. The molecule has 8 aromatic rings. The average molecular weight is 653 g/mol. The van der Waals surface area contributed by atoms with E-state index in [1.165, 1.54) is 96.4 Å². The summed E-state index contributed by atoms with van der Waals surface area (Å²) in [5.41, 5.74) is 0. The molecule has 2 heteroatoms. The van der Waals surface area contributed by atoms with Gasteiger partial charge in [0.05, 0.1) is 0 Å². The molecule has 0 unspecified atom stereocenters. The van der Waals surface area contributed by atoms with Crippen molar-refractivity contribution < 1.29 is 0 Å². The predicted molar refractivity (Wildman–Crippen MR) is 214 cm³/mol. The van der Waals surface area contributed by atoms with Crippen LogP contribution in [-0.4, -0.2) is 4.90 Å². The van der Waals surface area contributed by atoms with Crippen LogP contribution in [0.1, 0.15) is 32.1 Å². The first-order valence-electron chi connectivity index (χ1n) is 17.3. The Morgan fingerprint density at radius 3 is 0.875 bits per heavy atom. The summed E-state index contributed by atoms with van der Waals surface area (Å²) in [5, 5.41) is 17.2. The van der Waals surface area contributed by atoms with Crippen molar-refractivity contribution in [2.75, 3.05) is 0 Å². The summed E-state index contributed by atoms with van der Waals surface area (Å²) in [4.78, 5) is 0.0470. The van der Waals surface area contributed by atoms with Crippen LogP contribution in [0.2, 0.25) is 0 Å². The second-order valence-electron chi connectivity index (χ2n) is 13.2. The normalized spacial score (nSPS) is 14.8. The minimum atomic E-state index is -0.821. The van der Waals surface area contributed by atoms with Crippen molar-refractivity contribution in [3.63, 3.8) is 0 Å². The first kappa shape index (κ1) is 29.8. The molecule has 0 radical (unpaired) electrons. The second kappa shape index (κ2) is 12.6. The van der Waals surface area contributed by atoms with Gasteiger partial charge < -0.3 is 0 Å². The summed E-state index contributed by atoms with van der Waals surface area (Å²) in [5.74, 6) is 0. The first-order chi connectivity index (χ1) is 23.8. The molecule has 1 aliphatic carbocycles. The average Bonchev–Trinajstić information content (AvgIpc) is 3.16. The second-order valence-corrected chi connectivity index (χ2v) is 18.5. The Morgan fingerprint density at radius 1 is 0.292 bits per heavy atom. The molecule has 0 aromatic heterocycles. The molecule has 0 heterocycles. The van der Waals surface area contributed by atoms with Crippen LogP contribution in [0, 0.1) is 0 Å². The van der Waals surface area contributed by atoms with Gasteiger partial charge in [-0.15, -0.1) is 0 Å². The molecule has 1 saturated carbocycles. The van der Waals surface area contributed by atoms with Crippen molar-refractivity contribution in [2.45, 2.75) is 37.0 Å². The molecular weight excluding hydrogens is 614 g/mol. The minimum absolute atomic E-state index is 0.0470. The summed E-state index contributed by atoms with van der Waals surface area (Å²) in [6.45, 7) is 0. The lowest BCUT2D eigenvalue weighted by Crippen LogP contribution is -2.41. The van der Waals surface area contributed by atoms with E-state index in [2.05, 4.69) is 170 Å². The van der Waals surface area contributed by atoms with Gasteiger partial charge >= 0.3 is 0 Å². The van der Waals surface area contributed by atoms with E-state index < -0.39 is 15.8 Å². The van der Waals surface area contributed by atoms with Gasteiger partial charge in [0.15, 0.2) is 0 Å². The van der Waals surface area contributed by atoms with Gasteiger partial charge in [-0.25, -0.2) is 0 Å². The van der Waals surface area contributed by atoms with Crippen LogP contribution in [0.15, 0.2) is 170 Å². The SMILES string of the molecule is c1ccc2c(P(c3cccc4ccccc34)C3(P(c4cccc5ccccc45)c4cccc5ccccc45)CCCCC3)cccc2c1. The molecule has 48 heavy (non-hydrogen) atoms. The van der Waals surface area contributed by atoms with E-state index in [0.29, 0.717) is 0 Å². The van der Waals surface area contributed by atoms with Crippen LogP contribution >= 0.6 is 15.8 Å². The van der Waals surface area contributed by atoms with E-state index in [1.807, 2.05) is 0 Å².